The standard InChI is InChI=1S/C24H36N4O5/c1-24(2,3)33-23(31)28-20(16-10-6-5-7-11-16)21(29)27-13-9-8-12-17-14-26-15-18(19(17)25)22(30)32-4/h8,12,14-16,20H,5-7,9-11,13H2,1-4H3,(H2,25,26)(H,27,29)(H,28,31)/b12-8+/t20-/m0/s1. The molecule has 1 heterocycles. The van der Waals surface area contributed by atoms with Crippen LogP contribution in [0.1, 0.15) is 75.2 Å². The lowest BCUT2D eigenvalue weighted by molar-refractivity contribution is -0.124. The van der Waals surface area contributed by atoms with Crippen molar-refractivity contribution in [3.63, 3.8) is 0 Å². The molecule has 2 amide bonds. The van der Waals surface area contributed by atoms with E-state index in [1.807, 2.05) is 6.08 Å². The number of carbonyl (C=O) groups is 3. The third-order valence-corrected chi connectivity index (χ3v) is 5.41. The highest BCUT2D eigenvalue weighted by molar-refractivity contribution is 5.96. The summed E-state index contributed by atoms with van der Waals surface area (Å²) >= 11 is 0. The minimum absolute atomic E-state index is 0.0914. The van der Waals surface area contributed by atoms with E-state index in [0.717, 1.165) is 32.1 Å². The summed E-state index contributed by atoms with van der Waals surface area (Å²) in [6, 6.07) is -0.624. The number of nitrogens with zero attached hydrogens (tertiary/aromatic N) is 1. The van der Waals surface area contributed by atoms with Gasteiger partial charge in [-0.2, -0.15) is 0 Å². The molecule has 0 spiro atoms. The molecule has 0 aliphatic heterocycles. The zero-order valence-electron chi connectivity index (χ0n) is 20.0. The van der Waals surface area contributed by atoms with Gasteiger partial charge in [0.2, 0.25) is 5.91 Å². The Morgan fingerprint density at radius 2 is 1.91 bits per heavy atom. The zero-order valence-corrected chi connectivity index (χ0v) is 20.0. The molecule has 1 aromatic rings. The van der Waals surface area contributed by atoms with Gasteiger partial charge in [0.25, 0.3) is 0 Å². The van der Waals surface area contributed by atoms with Gasteiger partial charge in [-0.05, 0) is 46.0 Å². The molecule has 0 unspecified atom stereocenters. The summed E-state index contributed by atoms with van der Waals surface area (Å²) < 4.78 is 10.1. The summed E-state index contributed by atoms with van der Waals surface area (Å²) in [5.74, 6) is -0.669. The smallest absolute Gasteiger partial charge is 0.408 e. The topological polar surface area (TPSA) is 133 Å². The maximum atomic E-state index is 12.9. The minimum atomic E-state index is -0.635. The largest absolute Gasteiger partial charge is 0.465 e. The molecule has 33 heavy (non-hydrogen) atoms. The van der Waals surface area contributed by atoms with Crippen LogP contribution < -0.4 is 16.4 Å². The highest BCUT2D eigenvalue weighted by Gasteiger charge is 2.32. The van der Waals surface area contributed by atoms with E-state index in [1.165, 1.54) is 13.3 Å². The second kappa shape index (κ2) is 12.2. The van der Waals surface area contributed by atoms with E-state index in [4.69, 9.17) is 15.2 Å². The SMILES string of the molecule is COC(=O)c1cncc(/C=C/CCNC(=O)[C@@H](NC(=O)OC(C)(C)C)C2CCCCC2)c1N. The van der Waals surface area contributed by atoms with E-state index >= 15 is 0 Å². The van der Waals surface area contributed by atoms with Crippen LogP contribution in [0.4, 0.5) is 10.5 Å². The van der Waals surface area contributed by atoms with Crippen LogP contribution in [0.15, 0.2) is 18.5 Å². The Morgan fingerprint density at radius 1 is 1.21 bits per heavy atom. The first-order valence-corrected chi connectivity index (χ1v) is 11.4. The number of carbonyl (C=O) groups excluding carboxylic acids is 3. The molecule has 1 saturated carbocycles. The van der Waals surface area contributed by atoms with Crippen LogP contribution in [0.25, 0.3) is 6.08 Å². The van der Waals surface area contributed by atoms with Crippen molar-refractivity contribution in [2.24, 2.45) is 5.92 Å². The number of pyridine rings is 1. The van der Waals surface area contributed by atoms with Crippen molar-refractivity contribution in [1.29, 1.82) is 0 Å². The average Bonchev–Trinajstić information content (AvgIpc) is 2.77. The Hall–Kier alpha value is -3.10. The molecule has 182 valence electrons. The number of hydrogen-bond donors (Lipinski definition) is 3. The summed E-state index contributed by atoms with van der Waals surface area (Å²) in [5, 5.41) is 5.69. The molecule has 1 aromatic heterocycles. The number of aromatic nitrogens is 1. The number of nitrogen functional groups attached to an aromatic ring is 1. The summed E-state index contributed by atoms with van der Waals surface area (Å²) in [4.78, 5) is 40.9. The fraction of sp³-hybridized carbons (Fsp3) is 0.583. The maximum Gasteiger partial charge on any atom is 0.408 e. The molecule has 1 fully saturated rings. The fourth-order valence-corrected chi connectivity index (χ4v) is 3.79. The minimum Gasteiger partial charge on any atom is -0.465 e. The third-order valence-electron chi connectivity index (χ3n) is 5.41. The van der Waals surface area contributed by atoms with Gasteiger partial charge in [-0.3, -0.25) is 9.78 Å². The molecule has 0 aromatic carbocycles. The first-order chi connectivity index (χ1) is 15.6. The van der Waals surface area contributed by atoms with E-state index < -0.39 is 23.7 Å². The number of methoxy groups -OCH3 is 1. The van der Waals surface area contributed by atoms with Crippen molar-refractivity contribution < 1.29 is 23.9 Å². The number of hydrogen-bond acceptors (Lipinski definition) is 7. The van der Waals surface area contributed by atoms with E-state index in [-0.39, 0.29) is 23.1 Å². The van der Waals surface area contributed by atoms with E-state index in [0.29, 0.717) is 18.5 Å². The van der Waals surface area contributed by atoms with Crippen LogP contribution >= 0.6 is 0 Å². The van der Waals surface area contributed by atoms with E-state index in [1.54, 1.807) is 33.0 Å². The Morgan fingerprint density at radius 3 is 2.55 bits per heavy atom. The van der Waals surface area contributed by atoms with Gasteiger partial charge in [-0.15, -0.1) is 0 Å². The highest BCUT2D eigenvalue weighted by atomic mass is 16.6. The molecule has 9 heteroatoms. The van der Waals surface area contributed by atoms with Crippen molar-refractivity contribution >= 4 is 29.7 Å². The Labute approximate surface area is 195 Å². The van der Waals surface area contributed by atoms with Crippen LogP contribution in [0.5, 0.6) is 0 Å². The van der Waals surface area contributed by atoms with Crippen molar-refractivity contribution in [1.82, 2.24) is 15.6 Å². The molecule has 1 atom stereocenters. The van der Waals surface area contributed by atoms with Crippen molar-refractivity contribution in [2.45, 2.75) is 70.9 Å². The summed E-state index contributed by atoms with van der Waals surface area (Å²) in [6.07, 6.45) is 11.5. The Kier molecular flexibility index (Phi) is 9.69. The van der Waals surface area contributed by atoms with Gasteiger partial charge in [0.1, 0.15) is 17.2 Å². The van der Waals surface area contributed by atoms with Crippen molar-refractivity contribution in [2.75, 3.05) is 19.4 Å². The molecule has 0 bridgehead atoms. The predicted octanol–water partition coefficient (Wildman–Crippen LogP) is 3.44. The lowest BCUT2D eigenvalue weighted by Crippen LogP contribution is -2.52. The summed E-state index contributed by atoms with van der Waals surface area (Å²) in [5.41, 5.74) is 6.47. The second-order valence-electron chi connectivity index (χ2n) is 9.19. The predicted molar refractivity (Wildman–Crippen MR) is 126 cm³/mol. The number of ether oxygens (including phenoxy) is 2. The monoisotopic (exact) mass is 460 g/mol. The van der Waals surface area contributed by atoms with Crippen molar-refractivity contribution in [3.8, 4) is 0 Å². The van der Waals surface area contributed by atoms with Crippen LogP contribution in [0.2, 0.25) is 0 Å². The molecule has 4 N–H and O–H groups in total. The van der Waals surface area contributed by atoms with Crippen LogP contribution in [-0.4, -0.2) is 48.3 Å². The number of amides is 2. The van der Waals surface area contributed by atoms with E-state index in [2.05, 4.69) is 15.6 Å². The van der Waals surface area contributed by atoms with Gasteiger partial charge in [0.15, 0.2) is 0 Å². The van der Waals surface area contributed by atoms with Crippen molar-refractivity contribution in [3.05, 3.63) is 29.6 Å². The Balaban J connectivity index is 1.94. The molecule has 0 radical (unpaired) electrons. The average molecular weight is 461 g/mol. The molecule has 1 aliphatic rings. The molecular weight excluding hydrogens is 424 g/mol. The number of esters is 1. The van der Waals surface area contributed by atoms with Crippen LogP contribution in [0, 0.1) is 5.92 Å². The number of nitrogens with one attached hydrogen (secondary N) is 2. The molecular formula is C24H36N4O5. The quantitative estimate of drug-likeness (QED) is 0.400. The zero-order chi connectivity index (χ0) is 24.4. The number of nitrogens with two attached hydrogens (primary N) is 1. The molecule has 2 rings (SSSR count). The maximum absolute atomic E-state index is 12.9. The lowest BCUT2D eigenvalue weighted by atomic mass is 9.83. The van der Waals surface area contributed by atoms with Gasteiger partial charge in [0, 0.05) is 24.5 Å². The summed E-state index contributed by atoms with van der Waals surface area (Å²) in [6.45, 7) is 5.76. The van der Waals surface area contributed by atoms with Gasteiger partial charge in [0.05, 0.1) is 12.8 Å². The lowest BCUT2D eigenvalue weighted by Gasteiger charge is -2.31. The third kappa shape index (κ3) is 8.40. The number of alkyl carbamates (subject to hydrolysis) is 1. The number of anilines is 1. The van der Waals surface area contributed by atoms with Gasteiger partial charge in [-0.1, -0.05) is 31.4 Å². The first kappa shape index (κ1) is 26.2. The molecule has 1 aliphatic carbocycles. The fourth-order valence-electron chi connectivity index (χ4n) is 3.79. The van der Waals surface area contributed by atoms with Crippen LogP contribution in [-0.2, 0) is 14.3 Å². The normalized spacial score (nSPS) is 15.6. The molecule has 9 nitrogen and oxygen atoms in total. The van der Waals surface area contributed by atoms with Crippen LogP contribution in [0.3, 0.4) is 0 Å². The van der Waals surface area contributed by atoms with Gasteiger partial charge in [-0.25, -0.2) is 9.59 Å². The highest BCUT2D eigenvalue weighted by Crippen LogP contribution is 2.27. The molecule has 0 saturated heterocycles. The van der Waals surface area contributed by atoms with E-state index in [9.17, 15) is 14.4 Å². The van der Waals surface area contributed by atoms with Gasteiger partial charge < -0.3 is 25.8 Å². The Bertz CT molecular complexity index is 857. The second-order valence-corrected chi connectivity index (χ2v) is 9.19. The number of rotatable bonds is 8. The summed E-state index contributed by atoms with van der Waals surface area (Å²) in [7, 11) is 1.28. The first-order valence-electron chi connectivity index (χ1n) is 11.4. The van der Waals surface area contributed by atoms with Gasteiger partial charge >= 0.3 is 12.1 Å².